The van der Waals surface area contributed by atoms with Gasteiger partial charge in [-0.15, -0.1) is 0 Å². The smallest absolute Gasteiger partial charge is 0.320 e. The average Bonchev–Trinajstić information content (AvgIpc) is 2.86. The molecular formula is C25H23N5O3S. The molecule has 9 heteroatoms. The number of rotatable bonds is 8. The summed E-state index contributed by atoms with van der Waals surface area (Å²) >= 11 is 1.44. The predicted molar refractivity (Wildman–Crippen MR) is 130 cm³/mol. The number of phenolic OH excluding ortho intramolecular Hbond substituents is 1. The highest BCUT2D eigenvalue weighted by Gasteiger charge is 2.14. The van der Waals surface area contributed by atoms with E-state index >= 15 is 0 Å². The summed E-state index contributed by atoms with van der Waals surface area (Å²) in [5, 5.41) is 15.8. The number of phenols is 1. The van der Waals surface area contributed by atoms with Crippen LogP contribution in [0.2, 0.25) is 0 Å². The fourth-order valence-electron chi connectivity index (χ4n) is 3.03. The summed E-state index contributed by atoms with van der Waals surface area (Å²) in [6, 6.07) is 17.3. The maximum absolute atomic E-state index is 12.6. The van der Waals surface area contributed by atoms with Gasteiger partial charge in [-0.1, -0.05) is 36.9 Å². The van der Waals surface area contributed by atoms with E-state index in [9.17, 15) is 9.90 Å². The van der Waals surface area contributed by atoms with Crippen LogP contribution in [0, 0.1) is 0 Å². The first-order chi connectivity index (χ1) is 16.6. The fourth-order valence-corrected chi connectivity index (χ4v) is 3.80. The average molecular weight is 474 g/mol. The molecule has 8 nitrogen and oxygen atoms in total. The van der Waals surface area contributed by atoms with Gasteiger partial charge < -0.3 is 15.2 Å². The molecule has 4 aromatic rings. The number of benzene rings is 1. The summed E-state index contributed by atoms with van der Waals surface area (Å²) in [7, 11) is 0. The van der Waals surface area contributed by atoms with Gasteiger partial charge >= 0.3 is 6.03 Å². The van der Waals surface area contributed by atoms with Crippen molar-refractivity contribution < 1.29 is 14.6 Å². The maximum Gasteiger partial charge on any atom is 0.320 e. The number of pyridine rings is 3. The zero-order valence-electron chi connectivity index (χ0n) is 18.4. The normalized spacial score (nSPS) is 10.5. The van der Waals surface area contributed by atoms with Crippen molar-refractivity contribution in [3.63, 3.8) is 0 Å². The minimum Gasteiger partial charge on any atom is -0.508 e. The zero-order valence-corrected chi connectivity index (χ0v) is 19.2. The van der Waals surface area contributed by atoms with Crippen molar-refractivity contribution in [2.75, 3.05) is 5.32 Å². The number of nitrogens with zero attached hydrogens (tertiary/aromatic N) is 3. The number of carbonyl (C=O) groups is 1. The highest BCUT2D eigenvalue weighted by Crippen LogP contribution is 2.35. The lowest BCUT2D eigenvalue weighted by atomic mass is 10.2. The lowest BCUT2D eigenvalue weighted by molar-refractivity contribution is 0.251. The minimum absolute atomic E-state index is 0.171. The third kappa shape index (κ3) is 6.23. The lowest BCUT2D eigenvalue weighted by Crippen LogP contribution is -2.28. The Bertz CT molecular complexity index is 1250. The van der Waals surface area contributed by atoms with E-state index in [1.807, 2.05) is 37.3 Å². The van der Waals surface area contributed by atoms with Gasteiger partial charge in [-0.25, -0.2) is 14.8 Å². The van der Waals surface area contributed by atoms with Crippen molar-refractivity contribution in [2.45, 2.75) is 29.8 Å². The lowest BCUT2D eigenvalue weighted by Gasteiger charge is -2.15. The van der Waals surface area contributed by atoms with Crippen molar-refractivity contribution in [1.29, 1.82) is 0 Å². The quantitative estimate of drug-likeness (QED) is 0.314. The molecule has 0 bridgehead atoms. The molecule has 0 saturated heterocycles. The summed E-state index contributed by atoms with van der Waals surface area (Å²) in [5.74, 6) is 1.44. The molecule has 3 aromatic heterocycles. The molecule has 4 rings (SSSR count). The monoisotopic (exact) mass is 473 g/mol. The van der Waals surface area contributed by atoms with Crippen LogP contribution in [0.1, 0.15) is 18.2 Å². The van der Waals surface area contributed by atoms with Gasteiger partial charge in [-0.3, -0.25) is 10.3 Å². The number of nitrogens with one attached hydrogen (secondary N) is 2. The highest BCUT2D eigenvalue weighted by molar-refractivity contribution is 7.99. The topological polar surface area (TPSA) is 109 Å². The molecule has 0 atom stereocenters. The Labute approximate surface area is 201 Å². The molecule has 0 aliphatic rings. The van der Waals surface area contributed by atoms with E-state index in [1.165, 1.54) is 11.8 Å². The van der Waals surface area contributed by atoms with E-state index < -0.39 is 6.03 Å². The van der Waals surface area contributed by atoms with Gasteiger partial charge in [0.15, 0.2) is 11.6 Å². The molecule has 3 N–H and O–H groups in total. The molecule has 3 heterocycles. The summed E-state index contributed by atoms with van der Waals surface area (Å²) < 4.78 is 6.16. The van der Waals surface area contributed by atoms with Crippen LogP contribution in [-0.2, 0) is 13.0 Å². The Morgan fingerprint density at radius 2 is 1.82 bits per heavy atom. The van der Waals surface area contributed by atoms with Gasteiger partial charge in [-0.2, -0.15) is 0 Å². The van der Waals surface area contributed by atoms with E-state index in [-0.39, 0.29) is 11.6 Å². The van der Waals surface area contributed by atoms with E-state index in [1.54, 1.807) is 48.9 Å². The van der Waals surface area contributed by atoms with Crippen molar-refractivity contribution in [3.8, 4) is 17.2 Å². The van der Waals surface area contributed by atoms with E-state index in [0.29, 0.717) is 24.5 Å². The molecule has 0 spiro atoms. The molecule has 1 aromatic carbocycles. The summed E-state index contributed by atoms with van der Waals surface area (Å²) in [6.07, 6.45) is 5.80. The number of ether oxygens (including phenoxy) is 1. The maximum atomic E-state index is 12.6. The SMILES string of the molecule is CCc1ncccc1Oc1cc(Sc2ccccn2)cnc1NC(=O)NCc1ccc(O)cc1. The van der Waals surface area contributed by atoms with Crippen LogP contribution in [0.25, 0.3) is 0 Å². The van der Waals surface area contributed by atoms with Crippen molar-refractivity contribution >= 4 is 23.6 Å². The number of amides is 2. The minimum atomic E-state index is -0.433. The third-order valence-corrected chi connectivity index (χ3v) is 5.62. The highest BCUT2D eigenvalue weighted by atomic mass is 32.2. The first-order valence-electron chi connectivity index (χ1n) is 10.6. The largest absolute Gasteiger partial charge is 0.508 e. The summed E-state index contributed by atoms with van der Waals surface area (Å²) in [4.78, 5) is 26.5. The number of aromatic nitrogens is 3. The van der Waals surface area contributed by atoms with Crippen molar-refractivity contribution in [2.24, 2.45) is 0 Å². The Morgan fingerprint density at radius 1 is 1.00 bits per heavy atom. The number of hydrogen-bond acceptors (Lipinski definition) is 7. The molecule has 2 amide bonds. The first-order valence-corrected chi connectivity index (χ1v) is 11.5. The fraction of sp³-hybridized carbons (Fsp3) is 0.120. The Balaban J connectivity index is 1.54. The molecule has 0 radical (unpaired) electrons. The second-order valence-electron chi connectivity index (χ2n) is 7.17. The Morgan fingerprint density at radius 3 is 2.59 bits per heavy atom. The van der Waals surface area contributed by atoms with E-state index in [4.69, 9.17) is 4.74 Å². The number of carbonyl (C=O) groups excluding carboxylic acids is 1. The molecular weight excluding hydrogens is 450 g/mol. The second kappa shape index (κ2) is 11.2. The molecule has 0 aliphatic heterocycles. The summed E-state index contributed by atoms with van der Waals surface area (Å²) in [5.41, 5.74) is 1.65. The van der Waals surface area contributed by atoms with Crippen LogP contribution >= 0.6 is 11.8 Å². The number of hydrogen-bond donors (Lipinski definition) is 3. The van der Waals surface area contributed by atoms with Crippen molar-refractivity contribution in [3.05, 3.63) is 90.5 Å². The van der Waals surface area contributed by atoms with Crippen LogP contribution < -0.4 is 15.4 Å². The summed E-state index contributed by atoms with van der Waals surface area (Å²) in [6.45, 7) is 2.29. The standard InChI is InChI=1S/C25H23N5O3S/c1-2-20-21(6-5-13-26-20)33-22-14-19(34-23-7-3-4-12-27-23)16-28-24(22)30-25(32)29-15-17-8-10-18(31)11-9-17/h3-14,16,31H,2,15H2,1H3,(H2,28,29,30,32). The molecule has 0 saturated carbocycles. The van der Waals surface area contributed by atoms with E-state index in [0.717, 1.165) is 21.2 Å². The van der Waals surface area contributed by atoms with Crippen LogP contribution in [0.4, 0.5) is 10.6 Å². The van der Waals surface area contributed by atoms with Crippen LogP contribution in [0.15, 0.2) is 89.2 Å². The van der Waals surface area contributed by atoms with Gasteiger partial charge in [0.2, 0.25) is 0 Å². The van der Waals surface area contributed by atoms with Crippen LogP contribution in [-0.4, -0.2) is 26.1 Å². The molecule has 0 aliphatic carbocycles. The molecule has 0 fully saturated rings. The zero-order chi connectivity index (χ0) is 23.8. The molecule has 172 valence electrons. The number of aryl methyl sites for hydroxylation is 1. The molecule has 34 heavy (non-hydrogen) atoms. The van der Waals surface area contributed by atoms with Crippen molar-refractivity contribution in [1.82, 2.24) is 20.3 Å². The predicted octanol–water partition coefficient (Wildman–Crippen LogP) is 5.40. The Hall–Kier alpha value is -4.11. The second-order valence-corrected chi connectivity index (χ2v) is 8.26. The van der Waals surface area contributed by atoms with Gasteiger partial charge in [0, 0.05) is 36.1 Å². The van der Waals surface area contributed by atoms with Crippen LogP contribution in [0.5, 0.6) is 17.2 Å². The first kappa shape index (κ1) is 23.1. The Kier molecular flexibility index (Phi) is 7.56. The molecule has 0 unspecified atom stereocenters. The third-order valence-electron chi connectivity index (χ3n) is 4.71. The van der Waals surface area contributed by atoms with Gasteiger partial charge in [0.25, 0.3) is 0 Å². The van der Waals surface area contributed by atoms with Gasteiger partial charge in [0.05, 0.1) is 5.69 Å². The number of anilines is 1. The number of aromatic hydroxyl groups is 1. The van der Waals surface area contributed by atoms with Crippen LogP contribution in [0.3, 0.4) is 0 Å². The number of urea groups is 1. The van der Waals surface area contributed by atoms with E-state index in [2.05, 4.69) is 25.6 Å². The van der Waals surface area contributed by atoms with Gasteiger partial charge in [-0.05, 0) is 48.4 Å². The van der Waals surface area contributed by atoms with Gasteiger partial charge in [0.1, 0.15) is 16.5 Å².